The second-order valence-electron chi connectivity index (χ2n) is 6.98. The summed E-state index contributed by atoms with van der Waals surface area (Å²) in [5.41, 5.74) is -0.0283. The lowest BCUT2D eigenvalue weighted by atomic mass is 10.1. The quantitative estimate of drug-likeness (QED) is 0.248. The molecule has 0 atom stereocenters. The van der Waals surface area contributed by atoms with Crippen molar-refractivity contribution in [2.45, 2.75) is 52.5 Å². The number of rotatable bonds is 11. The normalized spacial score (nSPS) is 10.6. The first kappa shape index (κ1) is 25.4. The maximum Gasteiger partial charge on any atom is 0.327 e. The monoisotopic (exact) mass is 423 g/mol. The number of unbranched alkanes of at least 4 members (excludes halogenated alkanes) is 1. The standard InChI is InChI=1S/C21H34FN5O3/c1-6-9-10-30-18-12-17(26-21(29)27(5)19(23)13-24-4)16(22)11-15(18)20(28)25-14(7-2)8-3/h11-12,14,23-24H,6-10,13H2,1-5H3,(H,25,28)(H,26,29). The SMILES string of the molecule is CCCCOc1cc(NC(=O)N(C)C(=N)CNC)c(F)cc1C(=O)NC(CC)CC. The van der Waals surface area contributed by atoms with Gasteiger partial charge in [-0.25, -0.2) is 9.18 Å². The fourth-order valence-corrected chi connectivity index (χ4v) is 2.64. The van der Waals surface area contributed by atoms with Crippen LogP contribution in [0.25, 0.3) is 0 Å². The Balaban J connectivity index is 3.15. The number of nitrogens with zero attached hydrogens (tertiary/aromatic N) is 1. The van der Waals surface area contributed by atoms with Gasteiger partial charge >= 0.3 is 6.03 Å². The zero-order valence-electron chi connectivity index (χ0n) is 18.5. The molecule has 0 unspecified atom stereocenters. The van der Waals surface area contributed by atoms with E-state index in [9.17, 15) is 14.0 Å². The van der Waals surface area contributed by atoms with Crippen molar-refractivity contribution in [1.82, 2.24) is 15.5 Å². The van der Waals surface area contributed by atoms with E-state index in [0.29, 0.717) is 6.61 Å². The lowest BCUT2D eigenvalue weighted by Gasteiger charge is -2.20. The van der Waals surface area contributed by atoms with Crippen LogP contribution in [0, 0.1) is 11.2 Å². The zero-order chi connectivity index (χ0) is 22.7. The molecule has 0 aliphatic carbocycles. The number of benzene rings is 1. The summed E-state index contributed by atoms with van der Waals surface area (Å²) in [5, 5.41) is 15.9. The van der Waals surface area contributed by atoms with E-state index in [1.54, 1.807) is 7.05 Å². The van der Waals surface area contributed by atoms with Crippen LogP contribution in [0.1, 0.15) is 56.8 Å². The van der Waals surface area contributed by atoms with Gasteiger partial charge in [0.2, 0.25) is 0 Å². The summed E-state index contributed by atoms with van der Waals surface area (Å²) < 4.78 is 20.4. The number of anilines is 1. The van der Waals surface area contributed by atoms with Crippen LogP contribution in [0.4, 0.5) is 14.9 Å². The first-order valence-electron chi connectivity index (χ1n) is 10.3. The molecule has 3 amide bonds. The summed E-state index contributed by atoms with van der Waals surface area (Å²) in [4.78, 5) is 26.1. The minimum atomic E-state index is -0.755. The van der Waals surface area contributed by atoms with Gasteiger partial charge in [0.05, 0.1) is 24.4 Å². The van der Waals surface area contributed by atoms with Crippen LogP contribution in [0.15, 0.2) is 12.1 Å². The van der Waals surface area contributed by atoms with E-state index in [1.807, 2.05) is 20.8 Å². The first-order valence-corrected chi connectivity index (χ1v) is 10.3. The van der Waals surface area contributed by atoms with Gasteiger partial charge in [-0.3, -0.25) is 15.1 Å². The number of likely N-dealkylation sites (N-methyl/N-ethyl adjacent to an activating group) is 2. The number of amidine groups is 1. The lowest BCUT2D eigenvalue weighted by Crippen LogP contribution is -2.40. The van der Waals surface area contributed by atoms with Gasteiger partial charge in [-0.2, -0.15) is 0 Å². The summed E-state index contributed by atoms with van der Waals surface area (Å²) in [7, 11) is 3.08. The molecule has 30 heavy (non-hydrogen) atoms. The van der Waals surface area contributed by atoms with Crippen molar-refractivity contribution in [3.8, 4) is 5.75 Å². The largest absolute Gasteiger partial charge is 0.493 e. The number of halogens is 1. The van der Waals surface area contributed by atoms with Crippen LogP contribution in [-0.2, 0) is 0 Å². The molecule has 1 rings (SSSR count). The average molecular weight is 424 g/mol. The molecule has 0 fully saturated rings. The Hall–Kier alpha value is -2.68. The molecule has 168 valence electrons. The smallest absolute Gasteiger partial charge is 0.327 e. The molecule has 8 nitrogen and oxygen atoms in total. The van der Waals surface area contributed by atoms with Gasteiger partial charge in [0.25, 0.3) is 5.91 Å². The summed E-state index contributed by atoms with van der Waals surface area (Å²) in [6, 6.07) is 1.71. The number of ether oxygens (including phenoxy) is 1. The fourth-order valence-electron chi connectivity index (χ4n) is 2.64. The van der Waals surface area contributed by atoms with Gasteiger partial charge in [0, 0.05) is 19.2 Å². The maximum atomic E-state index is 14.7. The fraction of sp³-hybridized carbons (Fsp3) is 0.571. The van der Waals surface area contributed by atoms with Gasteiger partial charge in [-0.1, -0.05) is 27.2 Å². The minimum Gasteiger partial charge on any atom is -0.493 e. The van der Waals surface area contributed by atoms with Crippen molar-refractivity contribution in [2.24, 2.45) is 0 Å². The van der Waals surface area contributed by atoms with Crippen LogP contribution in [0.5, 0.6) is 5.75 Å². The summed E-state index contributed by atoms with van der Waals surface area (Å²) in [6.07, 6.45) is 3.20. The maximum absolute atomic E-state index is 14.7. The number of amides is 3. The Morgan fingerprint density at radius 1 is 1.23 bits per heavy atom. The molecular weight excluding hydrogens is 389 g/mol. The Labute approximate surface area is 178 Å². The number of carbonyl (C=O) groups is 2. The average Bonchev–Trinajstić information content (AvgIpc) is 2.73. The first-order chi connectivity index (χ1) is 14.3. The lowest BCUT2D eigenvalue weighted by molar-refractivity contribution is 0.0930. The Bertz CT molecular complexity index is 738. The molecule has 1 aromatic rings. The van der Waals surface area contributed by atoms with Crippen LogP contribution in [0.3, 0.4) is 0 Å². The van der Waals surface area contributed by atoms with E-state index in [2.05, 4.69) is 16.0 Å². The second kappa shape index (κ2) is 12.8. The summed E-state index contributed by atoms with van der Waals surface area (Å²) >= 11 is 0. The van der Waals surface area contributed by atoms with Crippen molar-refractivity contribution in [2.75, 3.05) is 32.6 Å². The molecule has 0 saturated heterocycles. The highest BCUT2D eigenvalue weighted by molar-refractivity contribution is 6.03. The number of hydrogen-bond donors (Lipinski definition) is 4. The highest BCUT2D eigenvalue weighted by Crippen LogP contribution is 2.27. The number of hydrogen-bond acceptors (Lipinski definition) is 5. The number of urea groups is 1. The molecule has 1 aromatic carbocycles. The molecule has 0 aromatic heterocycles. The van der Waals surface area contributed by atoms with E-state index in [0.717, 1.165) is 36.6 Å². The third-order valence-corrected chi connectivity index (χ3v) is 4.69. The third kappa shape index (κ3) is 7.29. The van der Waals surface area contributed by atoms with Crippen molar-refractivity contribution >= 4 is 23.5 Å². The Kier molecular flexibility index (Phi) is 10.8. The van der Waals surface area contributed by atoms with Crippen LogP contribution < -0.4 is 20.7 Å². The van der Waals surface area contributed by atoms with Crippen molar-refractivity contribution in [3.05, 3.63) is 23.5 Å². The number of nitrogens with one attached hydrogen (secondary N) is 4. The number of carbonyl (C=O) groups excluding carboxylic acids is 2. The molecule has 0 aliphatic rings. The van der Waals surface area contributed by atoms with E-state index < -0.39 is 17.8 Å². The molecule has 4 N–H and O–H groups in total. The highest BCUT2D eigenvalue weighted by Gasteiger charge is 2.21. The molecule has 0 radical (unpaired) electrons. The second-order valence-corrected chi connectivity index (χ2v) is 6.98. The summed E-state index contributed by atoms with van der Waals surface area (Å²) in [6.45, 7) is 6.50. The van der Waals surface area contributed by atoms with Crippen molar-refractivity contribution < 1.29 is 18.7 Å². The van der Waals surface area contributed by atoms with Crippen LogP contribution in [-0.4, -0.2) is 56.0 Å². The zero-order valence-corrected chi connectivity index (χ0v) is 18.5. The van der Waals surface area contributed by atoms with E-state index >= 15 is 0 Å². The van der Waals surface area contributed by atoms with Crippen molar-refractivity contribution in [1.29, 1.82) is 5.41 Å². The van der Waals surface area contributed by atoms with Gasteiger partial charge in [-0.15, -0.1) is 0 Å². The minimum absolute atomic E-state index is 0.0183. The van der Waals surface area contributed by atoms with Gasteiger partial charge in [0.15, 0.2) is 0 Å². The van der Waals surface area contributed by atoms with Gasteiger partial charge in [-0.05, 0) is 32.4 Å². The Morgan fingerprint density at radius 3 is 2.47 bits per heavy atom. The Morgan fingerprint density at radius 2 is 1.90 bits per heavy atom. The van der Waals surface area contributed by atoms with E-state index in [4.69, 9.17) is 10.1 Å². The molecule has 0 bridgehead atoms. The predicted molar refractivity (Wildman–Crippen MR) is 117 cm³/mol. The molecular formula is C21H34FN5O3. The molecule has 0 saturated carbocycles. The molecule has 9 heteroatoms. The molecule has 0 spiro atoms. The van der Waals surface area contributed by atoms with Gasteiger partial charge in [0.1, 0.15) is 17.4 Å². The third-order valence-electron chi connectivity index (χ3n) is 4.69. The van der Waals surface area contributed by atoms with Gasteiger partial charge < -0.3 is 20.7 Å². The van der Waals surface area contributed by atoms with Crippen LogP contribution >= 0.6 is 0 Å². The summed E-state index contributed by atoms with van der Waals surface area (Å²) in [5.74, 6) is -0.943. The predicted octanol–water partition coefficient (Wildman–Crippen LogP) is 3.58. The topological polar surface area (TPSA) is 107 Å². The molecule has 0 heterocycles. The van der Waals surface area contributed by atoms with E-state index in [-0.39, 0.29) is 35.4 Å². The molecule has 0 aliphatic heterocycles. The highest BCUT2D eigenvalue weighted by atomic mass is 19.1. The van der Waals surface area contributed by atoms with Crippen molar-refractivity contribution in [3.63, 3.8) is 0 Å². The van der Waals surface area contributed by atoms with E-state index in [1.165, 1.54) is 13.1 Å². The van der Waals surface area contributed by atoms with Crippen LogP contribution in [0.2, 0.25) is 0 Å².